The fourth-order valence-corrected chi connectivity index (χ4v) is 0.446. The highest BCUT2D eigenvalue weighted by Crippen LogP contribution is 2.20. The van der Waals surface area contributed by atoms with Crippen LogP contribution in [0.1, 0.15) is 13.8 Å². The zero-order valence-electron chi connectivity index (χ0n) is 4.68. The number of nitrogens with zero attached hydrogens (tertiary/aromatic N) is 1. The Morgan fingerprint density at radius 3 is 2.00 bits per heavy atom. The molecule has 1 heteroatoms. The molecule has 0 amide bonds. The van der Waals surface area contributed by atoms with Crippen LogP contribution in [0.25, 0.3) is 5.69 Å². The lowest BCUT2D eigenvalue weighted by molar-refractivity contribution is 1.20. The summed E-state index contributed by atoms with van der Waals surface area (Å²) in [5.41, 5.74) is 1.38. The van der Waals surface area contributed by atoms with Crippen molar-refractivity contribution in [3.05, 3.63) is 18.5 Å². The largest absolute Gasteiger partial charge is 0.320 e. The van der Waals surface area contributed by atoms with Crippen LogP contribution < -0.4 is 0 Å². The summed E-state index contributed by atoms with van der Waals surface area (Å²) < 4.78 is 2.08. The molecule has 0 radical (unpaired) electrons. The standard InChI is InChI=1S/C4H3N.C2H6/c1-2-5-3-4(1)5;1-2/h1-3H;1-2H3. The minimum atomic E-state index is 1.38. The van der Waals surface area contributed by atoms with Gasteiger partial charge in [-0.25, -0.2) is 0 Å². The maximum atomic E-state index is 2.08. The van der Waals surface area contributed by atoms with Gasteiger partial charge in [0, 0.05) is 12.4 Å². The SMILES string of the molecule is CC.c1cn2cc1-2. The fraction of sp³-hybridized carbons (Fsp3) is 0.333. The molecule has 0 spiro atoms. The molecule has 0 aromatic carbocycles. The maximum absolute atomic E-state index is 2.08. The Morgan fingerprint density at radius 2 is 2.00 bits per heavy atom. The number of rotatable bonds is 0. The Bertz CT molecular complexity index is 129. The van der Waals surface area contributed by atoms with Crippen molar-refractivity contribution in [2.45, 2.75) is 13.8 Å². The lowest BCUT2D eigenvalue weighted by Crippen LogP contribution is -1.71. The second-order valence-electron chi connectivity index (χ2n) is 1.28. The summed E-state index contributed by atoms with van der Waals surface area (Å²) in [5, 5.41) is 0. The van der Waals surface area contributed by atoms with Gasteiger partial charge in [0.1, 0.15) is 0 Å². The monoisotopic (exact) mass is 95.1 g/mol. The summed E-state index contributed by atoms with van der Waals surface area (Å²) in [7, 11) is 0. The van der Waals surface area contributed by atoms with Gasteiger partial charge in [0.2, 0.25) is 0 Å². The molecule has 0 fully saturated rings. The minimum absolute atomic E-state index is 1.38. The van der Waals surface area contributed by atoms with Crippen molar-refractivity contribution >= 4 is 0 Å². The van der Waals surface area contributed by atoms with Crippen molar-refractivity contribution in [2.75, 3.05) is 0 Å². The second kappa shape index (κ2) is 1.41. The Balaban J connectivity index is 0.000000112. The third kappa shape index (κ3) is 0.538. The summed E-state index contributed by atoms with van der Waals surface area (Å²) in [5.74, 6) is 0. The van der Waals surface area contributed by atoms with E-state index in [1.165, 1.54) is 5.69 Å². The van der Waals surface area contributed by atoms with E-state index in [0.29, 0.717) is 0 Å². The molecule has 38 valence electrons. The predicted molar refractivity (Wildman–Crippen MR) is 30.7 cm³/mol. The molecule has 1 nitrogen and oxygen atoms in total. The van der Waals surface area contributed by atoms with Crippen molar-refractivity contribution in [1.29, 1.82) is 0 Å². The van der Waals surface area contributed by atoms with Gasteiger partial charge in [-0.1, -0.05) is 13.8 Å². The number of fused-ring (bicyclic) bond motifs is 1. The fourth-order valence-electron chi connectivity index (χ4n) is 0.446. The van der Waals surface area contributed by atoms with Gasteiger partial charge in [0.15, 0.2) is 0 Å². The maximum Gasteiger partial charge on any atom is 0.0631 e. The zero-order chi connectivity index (χ0) is 5.28. The molecule has 0 aromatic rings. The summed E-state index contributed by atoms with van der Waals surface area (Å²) in [6.07, 6.45) is 4.12. The minimum Gasteiger partial charge on any atom is -0.320 e. The molecule has 2 heterocycles. The first-order valence-electron chi connectivity index (χ1n) is 2.65. The van der Waals surface area contributed by atoms with Crippen molar-refractivity contribution in [3.8, 4) is 5.69 Å². The average molecular weight is 95.1 g/mol. The van der Waals surface area contributed by atoms with Crippen LogP contribution in [-0.2, 0) is 0 Å². The first kappa shape index (κ1) is 4.44. The topological polar surface area (TPSA) is 4.93 Å². The third-order valence-electron chi connectivity index (χ3n) is 0.908. The van der Waals surface area contributed by atoms with Gasteiger partial charge >= 0.3 is 0 Å². The first-order chi connectivity index (χ1) is 3.47. The van der Waals surface area contributed by atoms with E-state index in [-0.39, 0.29) is 0 Å². The molecule has 0 aliphatic carbocycles. The molecule has 7 heavy (non-hydrogen) atoms. The Hall–Kier alpha value is -0.720. The smallest absolute Gasteiger partial charge is 0.0631 e. The number of hydrogen-bond donors (Lipinski definition) is 0. The Morgan fingerprint density at radius 1 is 1.43 bits per heavy atom. The lowest BCUT2D eigenvalue weighted by Gasteiger charge is -1.82. The molecule has 0 unspecified atom stereocenters. The van der Waals surface area contributed by atoms with Gasteiger partial charge in [-0.2, -0.15) is 0 Å². The van der Waals surface area contributed by atoms with Crippen molar-refractivity contribution < 1.29 is 0 Å². The summed E-state index contributed by atoms with van der Waals surface area (Å²) in [4.78, 5) is 0. The highest BCUT2D eigenvalue weighted by molar-refractivity contribution is 5.44. The van der Waals surface area contributed by atoms with E-state index in [9.17, 15) is 0 Å². The summed E-state index contributed by atoms with van der Waals surface area (Å²) in [6.45, 7) is 4.00. The van der Waals surface area contributed by atoms with E-state index in [1.807, 2.05) is 20.0 Å². The number of hydrogen-bond acceptors (Lipinski definition) is 0. The van der Waals surface area contributed by atoms with E-state index in [1.54, 1.807) is 0 Å². The highest BCUT2D eigenvalue weighted by Gasteiger charge is 2.07. The Labute approximate surface area is 43.6 Å². The molecule has 0 aromatic heterocycles. The third-order valence-corrected chi connectivity index (χ3v) is 0.908. The van der Waals surface area contributed by atoms with Gasteiger partial charge in [0.05, 0.1) is 5.69 Å². The van der Waals surface area contributed by atoms with Crippen molar-refractivity contribution in [3.63, 3.8) is 0 Å². The van der Waals surface area contributed by atoms with Crippen molar-refractivity contribution in [1.82, 2.24) is 4.57 Å². The molecular weight excluding hydrogens is 86.1 g/mol. The molecule has 0 atom stereocenters. The van der Waals surface area contributed by atoms with E-state index in [0.717, 1.165) is 0 Å². The Kier molecular flexibility index (Phi) is 0.895. The quantitative estimate of drug-likeness (QED) is 0.470. The molecule has 0 N–H and O–H groups in total. The molecule has 2 rings (SSSR count). The first-order valence-corrected chi connectivity index (χ1v) is 2.65. The van der Waals surface area contributed by atoms with Gasteiger partial charge in [-0.3, -0.25) is 0 Å². The second-order valence-corrected chi connectivity index (χ2v) is 1.28. The van der Waals surface area contributed by atoms with Crippen LogP contribution in [0.2, 0.25) is 0 Å². The molecule has 2 aliphatic heterocycles. The molecular formula is C6H9N. The van der Waals surface area contributed by atoms with E-state index < -0.39 is 0 Å². The van der Waals surface area contributed by atoms with E-state index in [4.69, 9.17) is 0 Å². The summed E-state index contributed by atoms with van der Waals surface area (Å²) in [6, 6.07) is 2.08. The zero-order valence-corrected chi connectivity index (χ0v) is 4.68. The van der Waals surface area contributed by atoms with Gasteiger partial charge < -0.3 is 4.57 Å². The van der Waals surface area contributed by atoms with Crippen LogP contribution in [0.3, 0.4) is 0 Å². The van der Waals surface area contributed by atoms with Crippen LogP contribution in [-0.4, -0.2) is 4.57 Å². The normalized spacial score (nSPS) is 9.43. The van der Waals surface area contributed by atoms with E-state index in [2.05, 4.69) is 16.8 Å². The van der Waals surface area contributed by atoms with Crippen LogP contribution in [0.4, 0.5) is 0 Å². The highest BCUT2D eigenvalue weighted by atomic mass is 15.1. The molecule has 2 aliphatic rings. The van der Waals surface area contributed by atoms with Gasteiger partial charge in [0.25, 0.3) is 0 Å². The molecule has 0 bridgehead atoms. The van der Waals surface area contributed by atoms with Gasteiger partial charge in [-0.15, -0.1) is 0 Å². The number of aromatic nitrogens is 1. The van der Waals surface area contributed by atoms with Crippen LogP contribution in [0.5, 0.6) is 0 Å². The van der Waals surface area contributed by atoms with Crippen molar-refractivity contribution in [2.24, 2.45) is 0 Å². The van der Waals surface area contributed by atoms with E-state index >= 15 is 0 Å². The predicted octanol–water partition coefficient (Wildman–Crippen LogP) is 1.82. The molecule has 0 saturated carbocycles. The van der Waals surface area contributed by atoms with Crippen LogP contribution in [0, 0.1) is 0 Å². The average Bonchev–Trinajstić information content (AvgIpc) is 2.21. The molecule has 0 saturated heterocycles. The van der Waals surface area contributed by atoms with Crippen LogP contribution in [0.15, 0.2) is 18.5 Å². The lowest BCUT2D eigenvalue weighted by atomic mass is 10.5. The van der Waals surface area contributed by atoms with Crippen LogP contribution >= 0.6 is 0 Å². The summed E-state index contributed by atoms with van der Waals surface area (Å²) >= 11 is 0. The van der Waals surface area contributed by atoms with Gasteiger partial charge in [-0.05, 0) is 6.07 Å².